The van der Waals surface area contributed by atoms with E-state index in [2.05, 4.69) is 25.3 Å². The minimum atomic E-state index is 0.215. The third-order valence-electron chi connectivity index (χ3n) is 3.52. The van der Waals surface area contributed by atoms with Crippen LogP contribution in [0.2, 0.25) is 10.3 Å². The minimum Gasteiger partial charge on any atom is -0.479 e. The lowest BCUT2D eigenvalue weighted by atomic mass is 10.1. The van der Waals surface area contributed by atoms with Gasteiger partial charge in [-0.15, -0.1) is 0 Å². The number of nitrogens with two attached hydrogens (primary N) is 1. The molecular formula is C15H20Cl2N6O3. The molecule has 142 valence electrons. The molecule has 3 heterocycles. The number of nitrogens with zero attached hydrogens (tertiary/aromatic N) is 4. The van der Waals surface area contributed by atoms with E-state index in [1.807, 2.05) is 0 Å². The number of anilines is 2. The lowest BCUT2D eigenvalue weighted by Crippen LogP contribution is -2.28. The molecule has 1 aliphatic heterocycles. The van der Waals surface area contributed by atoms with E-state index >= 15 is 0 Å². The van der Waals surface area contributed by atoms with Crippen molar-refractivity contribution in [3.63, 3.8) is 0 Å². The van der Waals surface area contributed by atoms with E-state index in [1.54, 1.807) is 7.11 Å². The highest BCUT2D eigenvalue weighted by molar-refractivity contribution is 6.32. The summed E-state index contributed by atoms with van der Waals surface area (Å²) < 4.78 is 15.2. The van der Waals surface area contributed by atoms with Gasteiger partial charge in [-0.1, -0.05) is 23.2 Å². The van der Waals surface area contributed by atoms with Gasteiger partial charge in [-0.3, -0.25) is 0 Å². The first-order valence-electron chi connectivity index (χ1n) is 7.75. The molecule has 3 N–H and O–H groups in total. The molecule has 0 atom stereocenters. The zero-order valence-corrected chi connectivity index (χ0v) is 15.9. The van der Waals surface area contributed by atoms with Gasteiger partial charge in [0, 0.05) is 19.3 Å². The van der Waals surface area contributed by atoms with Crippen molar-refractivity contribution in [3.05, 3.63) is 23.0 Å². The largest absolute Gasteiger partial charge is 0.479 e. The molecule has 1 aliphatic rings. The van der Waals surface area contributed by atoms with Crippen LogP contribution in [0.5, 0.6) is 11.8 Å². The maximum absolute atomic E-state index is 6.00. The van der Waals surface area contributed by atoms with Crippen molar-refractivity contribution in [2.45, 2.75) is 18.9 Å². The van der Waals surface area contributed by atoms with E-state index in [9.17, 15) is 0 Å². The molecule has 26 heavy (non-hydrogen) atoms. The molecular weight excluding hydrogens is 383 g/mol. The molecule has 0 aromatic carbocycles. The lowest BCUT2D eigenvalue weighted by molar-refractivity contribution is 0.0904. The highest BCUT2D eigenvalue weighted by Gasteiger charge is 2.18. The smallest absolute Gasteiger partial charge is 0.241 e. The number of nitrogen functional groups attached to an aromatic ring is 1. The SMILES string of the molecule is COc1ncnc(Cl)c1N.COc1ncnc(Cl)c1NC1CCOCC1. The van der Waals surface area contributed by atoms with Gasteiger partial charge in [0.2, 0.25) is 11.8 Å². The summed E-state index contributed by atoms with van der Waals surface area (Å²) in [6.07, 6.45) is 4.58. The maximum atomic E-state index is 6.00. The van der Waals surface area contributed by atoms with E-state index in [-0.39, 0.29) is 10.8 Å². The van der Waals surface area contributed by atoms with Crippen LogP contribution in [0.15, 0.2) is 12.7 Å². The fourth-order valence-electron chi connectivity index (χ4n) is 2.19. The Morgan fingerprint density at radius 1 is 1.00 bits per heavy atom. The van der Waals surface area contributed by atoms with E-state index in [0.717, 1.165) is 26.1 Å². The monoisotopic (exact) mass is 402 g/mol. The molecule has 2 aromatic rings. The van der Waals surface area contributed by atoms with Crippen LogP contribution in [0.25, 0.3) is 0 Å². The Hall–Kier alpha value is -2.10. The van der Waals surface area contributed by atoms with Crippen molar-refractivity contribution in [1.82, 2.24) is 19.9 Å². The van der Waals surface area contributed by atoms with Crippen LogP contribution in [0.1, 0.15) is 12.8 Å². The predicted octanol–water partition coefficient (Wildman–Crippen LogP) is 2.45. The summed E-state index contributed by atoms with van der Waals surface area (Å²) in [6, 6.07) is 0.339. The zero-order chi connectivity index (χ0) is 18.9. The second kappa shape index (κ2) is 10.1. The average Bonchev–Trinajstić information content (AvgIpc) is 2.67. The van der Waals surface area contributed by atoms with E-state index in [4.69, 9.17) is 43.1 Å². The standard InChI is InChI=1S/C10H14ClN3O2.C5H6ClN3O/c1-15-10-8(9(11)12-6-13-10)14-7-2-4-16-5-3-7;1-10-5-3(7)4(6)8-2-9-5/h6-7,14H,2-5H2,1H3;2H,7H2,1H3. The topological polar surface area (TPSA) is 117 Å². The number of rotatable bonds is 4. The van der Waals surface area contributed by atoms with Gasteiger partial charge in [0.1, 0.15) is 24.0 Å². The van der Waals surface area contributed by atoms with Crippen LogP contribution >= 0.6 is 23.2 Å². The lowest BCUT2D eigenvalue weighted by Gasteiger charge is -2.24. The maximum Gasteiger partial charge on any atom is 0.241 e. The Labute approximate surface area is 161 Å². The summed E-state index contributed by atoms with van der Waals surface area (Å²) in [5.74, 6) is 0.784. The molecule has 1 saturated heterocycles. The van der Waals surface area contributed by atoms with Crippen molar-refractivity contribution >= 4 is 34.6 Å². The number of hydrogen-bond donors (Lipinski definition) is 2. The van der Waals surface area contributed by atoms with Crippen LogP contribution < -0.4 is 20.5 Å². The van der Waals surface area contributed by atoms with E-state index in [0.29, 0.717) is 28.6 Å². The third-order valence-corrected chi connectivity index (χ3v) is 4.11. The number of nitrogens with one attached hydrogen (secondary N) is 1. The number of methoxy groups -OCH3 is 2. The zero-order valence-electron chi connectivity index (χ0n) is 14.4. The first kappa shape index (κ1) is 20.2. The van der Waals surface area contributed by atoms with Crippen molar-refractivity contribution in [1.29, 1.82) is 0 Å². The van der Waals surface area contributed by atoms with Gasteiger partial charge in [-0.25, -0.2) is 9.97 Å². The normalized spacial score (nSPS) is 14.2. The Bertz CT molecular complexity index is 716. The van der Waals surface area contributed by atoms with Crippen molar-refractivity contribution in [3.8, 4) is 11.8 Å². The Kier molecular flexibility index (Phi) is 7.89. The average molecular weight is 403 g/mol. The Balaban J connectivity index is 0.000000209. The molecule has 3 rings (SSSR count). The summed E-state index contributed by atoms with van der Waals surface area (Å²) in [6.45, 7) is 1.54. The molecule has 0 aliphatic carbocycles. The number of aromatic nitrogens is 4. The minimum absolute atomic E-state index is 0.215. The molecule has 2 aromatic heterocycles. The number of hydrogen-bond acceptors (Lipinski definition) is 9. The van der Waals surface area contributed by atoms with Gasteiger partial charge >= 0.3 is 0 Å². The molecule has 9 nitrogen and oxygen atoms in total. The van der Waals surface area contributed by atoms with Crippen molar-refractivity contribution in [2.75, 3.05) is 38.5 Å². The van der Waals surface area contributed by atoms with Gasteiger partial charge in [0.05, 0.1) is 14.2 Å². The van der Waals surface area contributed by atoms with Crippen LogP contribution in [-0.4, -0.2) is 53.4 Å². The first-order chi connectivity index (χ1) is 12.6. The molecule has 0 amide bonds. The summed E-state index contributed by atoms with van der Waals surface area (Å²) in [5, 5.41) is 3.91. The quantitative estimate of drug-likeness (QED) is 0.742. The molecule has 0 bridgehead atoms. The summed E-state index contributed by atoms with van der Waals surface area (Å²) >= 11 is 11.5. The summed E-state index contributed by atoms with van der Waals surface area (Å²) in [4.78, 5) is 15.3. The summed E-state index contributed by atoms with van der Waals surface area (Å²) in [5.41, 5.74) is 6.35. The van der Waals surface area contributed by atoms with Crippen LogP contribution in [0.4, 0.5) is 11.4 Å². The first-order valence-corrected chi connectivity index (χ1v) is 8.51. The predicted molar refractivity (Wildman–Crippen MR) is 99.1 cm³/mol. The third kappa shape index (κ3) is 5.45. The van der Waals surface area contributed by atoms with Crippen LogP contribution in [0.3, 0.4) is 0 Å². The molecule has 0 spiro atoms. The van der Waals surface area contributed by atoms with Crippen LogP contribution in [-0.2, 0) is 4.74 Å². The second-order valence-electron chi connectivity index (χ2n) is 5.17. The fourth-order valence-corrected chi connectivity index (χ4v) is 2.50. The molecule has 0 unspecified atom stereocenters. The van der Waals surface area contributed by atoms with E-state index < -0.39 is 0 Å². The van der Waals surface area contributed by atoms with Crippen LogP contribution in [0, 0.1) is 0 Å². The highest BCUT2D eigenvalue weighted by Crippen LogP contribution is 2.29. The van der Waals surface area contributed by atoms with E-state index in [1.165, 1.54) is 19.8 Å². The molecule has 0 radical (unpaired) electrons. The van der Waals surface area contributed by atoms with Gasteiger partial charge < -0.3 is 25.3 Å². The summed E-state index contributed by atoms with van der Waals surface area (Å²) in [7, 11) is 3.03. The van der Waals surface area contributed by atoms with Gasteiger partial charge in [0.15, 0.2) is 10.3 Å². The molecule has 11 heteroatoms. The number of halogens is 2. The Morgan fingerprint density at radius 2 is 1.58 bits per heavy atom. The molecule has 0 saturated carbocycles. The number of ether oxygens (including phenoxy) is 3. The van der Waals surface area contributed by atoms with Gasteiger partial charge in [0.25, 0.3) is 0 Å². The second-order valence-corrected chi connectivity index (χ2v) is 5.88. The fraction of sp³-hybridized carbons (Fsp3) is 0.467. The highest BCUT2D eigenvalue weighted by atomic mass is 35.5. The Morgan fingerprint density at radius 3 is 2.15 bits per heavy atom. The molecule has 1 fully saturated rings. The van der Waals surface area contributed by atoms with Crippen molar-refractivity contribution < 1.29 is 14.2 Å². The van der Waals surface area contributed by atoms with Gasteiger partial charge in [-0.05, 0) is 12.8 Å². The van der Waals surface area contributed by atoms with Crippen molar-refractivity contribution in [2.24, 2.45) is 0 Å². The van der Waals surface area contributed by atoms with Gasteiger partial charge in [-0.2, -0.15) is 9.97 Å².